The Labute approximate surface area is 207 Å². The zero-order valence-corrected chi connectivity index (χ0v) is 21.4. The maximum atomic E-state index is 10.3. The van der Waals surface area contributed by atoms with Gasteiger partial charge in [-0.05, 0) is 41.8 Å². The van der Waals surface area contributed by atoms with Gasteiger partial charge in [-0.3, -0.25) is 4.90 Å². The van der Waals surface area contributed by atoms with Crippen LogP contribution < -0.4 is 9.47 Å². The normalized spacial score (nSPS) is 16.9. The Morgan fingerprint density at radius 3 is 2.36 bits per heavy atom. The van der Waals surface area contributed by atoms with Gasteiger partial charge in [-0.2, -0.15) is 11.8 Å². The Morgan fingerprint density at radius 1 is 1.06 bits per heavy atom. The van der Waals surface area contributed by atoms with Crippen molar-refractivity contribution >= 4 is 23.4 Å². The Bertz CT molecular complexity index is 871. The number of aryl methyl sites for hydroxylation is 1. The SMILES string of the molecule is Cc1cc(C(C)(C)c2ccc(OCC(O)CN3CCSCC3)cc2)ccc1OCC([OH2+])CCl. The van der Waals surface area contributed by atoms with Crippen molar-refractivity contribution in [3.63, 3.8) is 0 Å². The quantitative estimate of drug-likeness (QED) is 0.380. The summed E-state index contributed by atoms with van der Waals surface area (Å²) in [6, 6.07) is 14.4. The van der Waals surface area contributed by atoms with Gasteiger partial charge >= 0.3 is 0 Å². The number of ether oxygens (including phenoxy) is 2. The Balaban J connectivity index is 1.57. The van der Waals surface area contributed by atoms with E-state index in [1.165, 1.54) is 11.1 Å². The number of hydrogen-bond donors (Lipinski definition) is 1. The first-order chi connectivity index (χ1) is 15.8. The fourth-order valence-electron chi connectivity index (χ4n) is 3.90. The van der Waals surface area contributed by atoms with Gasteiger partial charge in [-0.15, -0.1) is 11.6 Å². The molecule has 1 saturated heterocycles. The highest BCUT2D eigenvalue weighted by molar-refractivity contribution is 7.99. The van der Waals surface area contributed by atoms with Gasteiger partial charge in [0, 0.05) is 36.6 Å². The standard InChI is InChI=1S/C26H36ClNO4S/c1-19-14-21(6-9-25(19)32-17-22(29)15-27)26(2,3)20-4-7-24(8-5-20)31-18-23(30)16-28-10-12-33-13-11-28/h4-9,14,22-23,29-30H,10-13,15-18H2,1-3H3/p+1. The molecule has 1 aliphatic heterocycles. The molecule has 1 aliphatic rings. The van der Waals surface area contributed by atoms with Crippen LogP contribution in [0, 0.1) is 6.92 Å². The number of aliphatic hydroxyl groups is 1. The average Bonchev–Trinajstić information content (AvgIpc) is 2.82. The van der Waals surface area contributed by atoms with Crippen LogP contribution in [0.15, 0.2) is 42.5 Å². The van der Waals surface area contributed by atoms with E-state index in [-0.39, 0.29) is 11.3 Å². The lowest BCUT2D eigenvalue weighted by Gasteiger charge is -2.28. The van der Waals surface area contributed by atoms with E-state index >= 15 is 0 Å². The van der Waals surface area contributed by atoms with Crippen LogP contribution in [0.2, 0.25) is 0 Å². The lowest BCUT2D eigenvalue weighted by atomic mass is 9.77. The topological polar surface area (TPSA) is 64.8 Å². The van der Waals surface area contributed by atoms with Gasteiger partial charge in [0.15, 0.2) is 6.61 Å². The summed E-state index contributed by atoms with van der Waals surface area (Å²) in [5.41, 5.74) is 3.23. The molecule has 2 aromatic carbocycles. The van der Waals surface area contributed by atoms with E-state index in [9.17, 15) is 5.11 Å². The minimum atomic E-state index is -0.484. The number of benzene rings is 2. The first-order valence-electron chi connectivity index (χ1n) is 11.5. The fourth-order valence-corrected chi connectivity index (χ4v) is 4.96. The second kappa shape index (κ2) is 12.3. The summed E-state index contributed by atoms with van der Waals surface area (Å²) in [5, 5.41) is 18.1. The highest BCUT2D eigenvalue weighted by Crippen LogP contribution is 2.34. The lowest BCUT2D eigenvalue weighted by Crippen LogP contribution is -2.40. The van der Waals surface area contributed by atoms with Gasteiger partial charge in [-0.1, -0.05) is 38.1 Å². The summed E-state index contributed by atoms with van der Waals surface area (Å²) in [6.07, 6.45) is -0.907. The minimum Gasteiger partial charge on any atom is -0.491 e. The molecule has 0 amide bonds. The molecule has 0 aliphatic carbocycles. The second-order valence-electron chi connectivity index (χ2n) is 9.17. The summed E-state index contributed by atoms with van der Waals surface area (Å²) in [7, 11) is 0. The van der Waals surface area contributed by atoms with Crippen molar-refractivity contribution in [2.24, 2.45) is 0 Å². The third kappa shape index (κ3) is 7.52. The largest absolute Gasteiger partial charge is 0.491 e. The van der Waals surface area contributed by atoms with E-state index in [1.807, 2.05) is 36.9 Å². The van der Waals surface area contributed by atoms with Crippen LogP contribution in [0.5, 0.6) is 11.5 Å². The van der Waals surface area contributed by atoms with Crippen molar-refractivity contribution in [1.29, 1.82) is 0 Å². The van der Waals surface area contributed by atoms with Crippen molar-refractivity contribution in [3.05, 3.63) is 59.2 Å². The van der Waals surface area contributed by atoms with Crippen LogP contribution in [0.4, 0.5) is 0 Å². The minimum absolute atomic E-state index is 0.193. The maximum Gasteiger partial charge on any atom is 0.202 e. The predicted octanol–water partition coefficient (Wildman–Crippen LogP) is 3.82. The molecule has 0 saturated carbocycles. The van der Waals surface area contributed by atoms with Gasteiger partial charge in [0.05, 0.1) is 5.88 Å². The molecule has 5 nitrogen and oxygen atoms in total. The van der Waals surface area contributed by atoms with Gasteiger partial charge < -0.3 is 19.7 Å². The van der Waals surface area contributed by atoms with Crippen molar-refractivity contribution in [2.45, 2.75) is 38.4 Å². The molecule has 33 heavy (non-hydrogen) atoms. The van der Waals surface area contributed by atoms with E-state index in [0.29, 0.717) is 19.8 Å². The number of halogens is 1. The fraction of sp³-hybridized carbons (Fsp3) is 0.538. The van der Waals surface area contributed by atoms with Crippen LogP contribution in [0.1, 0.15) is 30.5 Å². The molecule has 0 aromatic heterocycles. The molecule has 2 aromatic rings. The van der Waals surface area contributed by atoms with E-state index in [1.54, 1.807) is 0 Å². The summed E-state index contributed by atoms with van der Waals surface area (Å²) in [5.74, 6) is 4.11. The molecular formula is C26H37ClNO4S+. The zero-order chi connectivity index (χ0) is 23.8. The molecule has 0 spiro atoms. The number of alkyl halides is 1. The van der Waals surface area contributed by atoms with Crippen LogP contribution in [-0.2, 0) is 5.41 Å². The van der Waals surface area contributed by atoms with Gasteiger partial charge in [0.2, 0.25) is 6.10 Å². The highest BCUT2D eigenvalue weighted by Gasteiger charge is 2.24. The van der Waals surface area contributed by atoms with E-state index in [4.69, 9.17) is 26.2 Å². The Kier molecular flexibility index (Phi) is 9.77. The monoisotopic (exact) mass is 494 g/mol. The number of β-amino-alcohol motifs (C(OH)–C–C–N with tert-alkyl or cyclic N) is 1. The molecule has 1 heterocycles. The van der Waals surface area contributed by atoms with Gasteiger partial charge in [-0.25, -0.2) is 0 Å². The smallest absolute Gasteiger partial charge is 0.202 e. The maximum absolute atomic E-state index is 10.3. The van der Waals surface area contributed by atoms with E-state index < -0.39 is 12.2 Å². The average molecular weight is 495 g/mol. The van der Waals surface area contributed by atoms with E-state index in [0.717, 1.165) is 41.7 Å². The van der Waals surface area contributed by atoms with Crippen molar-refractivity contribution in [3.8, 4) is 11.5 Å². The Morgan fingerprint density at radius 2 is 1.73 bits per heavy atom. The van der Waals surface area contributed by atoms with E-state index in [2.05, 4.69) is 43.0 Å². The molecule has 3 rings (SSSR count). The van der Waals surface area contributed by atoms with Crippen LogP contribution in [-0.4, -0.2) is 77.6 Å². The first-order valence-corrected chi connectivity index (χ1v) is 13.2. The number of nitrogens with zero attached hydrogens (tertiary/aromatic N) is 1. The van der Waals surface area contributed by atoms with Crippen molar-refractivity contribution in [2.75, 3.05) is 50.2 Å². The summed E-state index contributed by atoms with van der Waals surface area (Å²) >= 11 is 7.68. The number of rotatable bonds is 11. The van der Waals surface area contributed by atoms with Crippen molar-refractivity contribution < 1.29 is 19.7 Å². The van der Waals surface area contributed by atoms with Crippen LogP contribution >= 0.6 is 23.4 Å². The summed E-state index contributed by atoms with van der Waals surface area (Å²) in [4.78, 5) is 2.30. The number of hydrogen-bond acceptors (Lipinski definition) is 5. The van der Waals surface area contributed by atoms with Crippen LogP contribution in [0.3, 0.4) is 0 Å². The van der Waals surface area contributed by atoms with Gasteiger partial charge in [0.25, 0.3) is 0 Å². The molecule has 7 heteroatoms. The molecule has 1 fully saturated rings. The molecular weight excluding hydrogens is 458 g/mol. The molecule has 0 bridgehead atoms. The molecule has 0 radical (unpaired) electrons. The number of thioether (sulfide) groups is 1. The lowest BCUT2D eigenvalue weighted by molar-refractivity contribution is 0.0715. The summed E-state index contributed by atoms with van der Waals surface area (Å²) < 4.78 is 11.6. The summed E-state index contributed by atoms with van der Waals surface area (Å²) in [6.45, 7) is 9.76. The second-order valence-corrected chi connectivity index (χ2v) is 10.7. The number of aliphatic hydroxyl groups excluding tert-OH is 1. The first kappa shape index (κ1) is 26.2. The predicted molar refractivity (Wildman–Crippen MR) is 139 cm³/mol. The third-order valence-electron chi connectivity index (χ3n) is 6.11. The molecule has 182 valence electrons. The van der Waals surface area contributed by atoms with Crippen LogP contribution in [0.25, 0.3) is 0 Å². The molecule has 3 N–H and O–H groups in total. The molecule has 2 unspecified atom stereocenters. The Hall–Kier alpha value is -1.44. The third-order valence-corrected chi connectivity index (χ3v) is 7.43. The highest BCUT2D eigenvalue weighted by atomic mass is 35.5. The van der Waals surface area contributed by atoms with Crippen molar-refractivity contribution in [1.82, 2.24) is 4.90 Å². The zero-order valence-electron chi connectivity index (χ0n) is 19.9. The molecule has 2 atom stereocenters. The van der Waals surface area contributed by atoms with Gasteiger partial charge in [0.1, 0.15) is 24.2 Å².